The molecule has 2 fully saturated rings. The highest BCUT2D eigenvalue weighted by atomic mass is 16.5. The molecule has 0 radical (unpaired) electrons. The van der Waals surface area contributed by atoms with E-state index in [0.717, 1.165) is 45.1 Å². The number of nitrogens with zero attached hydrogens (tertiary/aromatic N) is 2. The van der Waals surface area contributed by atoms with Gasteiger partial charge in [-0.1, -0.05) is 24.5 Å². The lowest BCUT2D eigenvalue weighted by atomic mass is 9.86. The van der Waals surface area contributed by atoms with Gasteiger partial charge in [0.05, 0.1) is 13.2 Å². The zero-order valence-electron chi connectivity index (χ0n) is 14.1. The average molecular weight is 305 g/mol. The van der Waals surface area contributed by atoms with E-state index in [2.05, 4.69) is 23.2 Å². The summed E-state index contributed by atoms with van der Waals surface area (Å²) in [5, 5.41) is 3.50. The SMILES string of the molecule is CCNC(=NCCC1=CCOCC1)N1CCC2(CCCC2)C1. The first-order valence-corrected chi connectivity index (χ1v) is 9.10. The first kappa shape index (κ1) is 15.9. The first-order chi connectivity index (χ1) is 10.8. The zero-order valence-corrected chi connectivity index (χ0v) is 14.1. The molecule has 2 aliphatic heterocycles. The Balaban J connectivity index is 1.55. The van der Waals surface area contributed by atoms with Crippen LogP contribution in [0.4, 0.5) is 0 Å². The van der Waals surface area contributed by atoms with Crippen LogP contribution in [0.3, 0.4) is 0 Å². The molecule has 0 aromatic rings. The molecule has 4 heteroatoms. The van der Waals surface area contributed by atoms with Crippen LogP contribution in [0.1, 0.15) is 51.9 Å². The van der Waals surface area contributed by atoms with E-state index in [9.17, 15) is 0 Å². The second-order valence-corrected chi connectivity index (χ2v) is 7.05. The maximum absolute atomic E-state index is 5.37. The Kier molecular flexibility index (Phi) is 5.40. The van der Waals surface area contributed by atoms with Crippen LogP contribution in [0.2, 0.25) is 0 Å². The minimum absolute atomic E-state index is 0.611. The fraction of sp³-hybridized carbons (Fsp3) is 0.833. The van der Waals surface area contributed by atoms with Crippen LogP contribution in [0, 0.1) is 5.41 Å². The summed E-state index contributed by atoms with van der Waals surface area (Å²) < 4.78 is 5.37. The van der Waals surface area contributed by atoms with Crippen molar-refractivity contribution in [3.63, 3.8) is 0 Å². The number of ether oxygens (including phenoxy) is 1. The number of hydrogen-bond acceptors (Lipinski definition) is 2. The van der Waals surface area contributed by atoms with Gasteiger partial charge < -0.3 is 15.0 Å². The number of hydrogen-bond donors (Lipinski definition) is 1. The molecule has 0 bridgehead atoms. The van der Waals surface area contributed by atoms with Gasteiger partial charge in [-0.2, -0.15) is 0 Å². The van der Waals surface area contributed by atoms with Gasteiger partial charge in [0, 0.05) is 26.2 Å². The Bertz CT molecular complexity index is 424. The van der Waals surface area contributed by atoms with Crippen LogP contribution in [-0.4, -0.2) is 50.3 Å². The molecule has 0 unspecified atom stereocenters. The summed E-state index contributed by atoms with van der Waals surface area (Å²) in [6, 6.07) is 0. The zero-order chi connectivity index (χ0) is 15.3. The van der Waals surface area contributed by atoms with E-state index in [4.69, 9.17) is 9.73 Å². The highest BCUT2D eigenvalue weighted by Gasteiger charge is 2.41. The van der Waals surface area contributed by atoms with E-state index in [1.807, 2.05) is 0 Å². The average Bonchev–Trinajstić information content (AvgIpc) is 3.18. The Hall–Kier alpha value is -1.03. The number of nitrogens with one attached hydrogen (secondary N) is 1. The van der Waals surface area contributed by atoms with Gasteiger partial charge in [0.2, 0.25) is 0 Å². The fourth-order valence-electron chi connectivity index (χ4n) is 4.17. The molecule has 0 aromatic carbocycles. The lowest BCUT2D eigenvalue weighted by molar-refractivity contribution is 0.153. The fourth-order valence-corrected chi connectivity index (χ4v) is 4.17. The molecule has 0 amide bonds. The van der Waals surface area contributed by atoms with Gasteiger partial charge in [0.25, 0.3) is 0 Å². The van der Waals surface area contributed by atoms with Crippen LogP contribution in [0.5, 0.6) is 0 Å². The van der Waals surface area contributed by atoms with Crippen molar-refractivity contribution in [2.24, 2.45) is 10.4 Å². The Labute approximate surface area is 135 Å². The predicted molar refractivity (Wildman–Crippen MR) is 91.2 cm³/mol. The Morgan fingerprint density at radius 2 is 2.23 bits per heavy atom. The van der Waals surface area contributed by atoms with Crippen LogP contribution in [0.25, 0.3) is 0 Å². The van der Waals surface area contributed by atoms with Gasteiger partial charge in [-0.05, 0) is 44.4 Å². The van der Waals surface area contributed by atoms with E-state index < -0.39 is 0 Å². The van der Waals surface area contributed by atoms with Gasteiger partial charge in [-0.15, -0.1) is 0 Å². The summed E-state index contributed by atoms with van der Waals surface area (Å²) in [7, 11) is 0. The van der Waals surface area contributed by atoms with E-state index in [1.165, 1.54) is 50.8 Å². The molecular formula is C18H31N3O. The molecule has 1 saturated carbocycles. The van der Waals surface area contributed by atoms with Crippen molar-refractivity contribution in [2.45, 2.75) is 51.9 Å². The van der Waals surface area contributed by atoms with Gasteiger partial charge in [-0.3, -0.25) is 4.99 Å². The van der Waals surface area contributed by atoms with Crippen molar-refractivity contribution >= 4 is 5.96 Å². The molecule has 4 nitrogen and oxygen atoms in total. The predicted octanol–water partition coefficient (Wildman–Crippen LogP) is 2.95. The highest BCUT2D eigenvalue weighted by molar-refractivity contribution is 5.80. The topological polar surface area (TPSA) is 36.9 Å². The standard InChI is InChI=1S/C18H31N3O/c1-2-19-17(20-11-5-16-6-13-22-14-7-16)21-12-10-18(15-21)8-3-4-9-18/h6H,2-5,7-15H2,1H3,(H,19,20). The minimum Gasteiger partial charge on any atom is -0.377 e. The monoisotopic (exact) mass is 305 g/mol. The van der Waals surface area contributed by atoms with Gasteiger partial charge >= 0.3 is 0 Å². The normalized spacial score (nSPS) is 24.9. The van der Waals surface area contributed by atoms with Crippen LogP contribution in [0.15, 0.2) is 16.6 Å². The smallest absolute Gasteiger partial charge is 0.193 e. The lowest BCUT2D eigenvalue weighted by Gasteiger charge is -2.26. The Morgan fingerprint density at radius 1 is 1.36 bits per heavy atom. The molecule has 0 atom stereocenters. The van der Waals surface area contributed by atoms with Gasteiger partial charge in [0.1, 0.15) is 0 Å². The van der Waals surface area contributed by atoms with E-state index in [-0.39, 0.29) is 0 Å². The van der Waals surface area contributed by atoms with Gasteiger partial charge in [0.15, 0.2) is 5.96 Å². The molecule has 3 rings (SSSR count). The highest BCUT2D eigenvalue weighted by Crippen LogP contribution is 2.45. The molecule has 3 aliphatic rings. The largest absolute Gasteiger partial charge is 0.377 e. The maximum Gasteiger partial charge on any atom is 0.193 e. The molecule has 1 N–H and O–H groups in total. The summed E-state index contributed by atoms with van der Waals surface area (Å²) in [6.45, 7) is 8.09. The third-order valence-corrected chi connectivity index (χ3v) is 5.49. The summed E-state index contributed by atoms with van der Waals surface area (Å²) in [4.78, 5) is 7.40. The second kappa shape index (κ2) is 7.49. The Morgan fingerprint density at radius 3 is 2.95 bits per heavy atom. The van der Waals surface area contributed by atoms with Crippen LogP contribution < -0.4 is 5.32 Å². The van der Waals surface area contributed by atoms with Crippen molar-refractivity contribution in [2.75, 3.05) is 39.4 Å². The van der Waals surface area contributed by atoms with Crippen molar-refractivity contribution in [1.82, 2.24) is 10.2 Å². The molecule has 0 aromatic heterocycles. The summed E-state index contributed by atoms with van der Waals surface area (Å²) in [5.41, 5.74) is 2.12. The molecule has 2 heterocycles. The van der Waals surface area contributed by atoms with Crippen LogP contribution in [-0.2, 0) is 4.74 Å². The van der Waals surface area contributed by atoms with Crippen molar-refractivity contribution in [3.8, 4) is 0 Å². The van der Waals surface area contributed by atoms with Crippen LogP contribution >= 0.6 is 0 Å². The quantitative estimate of drug-likeness (QED) is 0.493. The molecule has 1 spiro atoms. The third-order valence-electron chi connectivity index (χ3n) is 5.49. The summed E-state index contributed by atoms with van der Waals surface area (Å²) in [5.74, 6) is 1.14. The van der Waals surface area contributed by atoms with Gasteiger partial charge in [-0.25, -0.2) is 0 Å². The van der Waals surface area contributed by atoms with Crippen molar-refractivity contribution in [1.29, 1.82) is 0 Å². The lowest BCUT2D eigenvalue weighted by Crippen LogP contribution is -2.41. The number of aliphatic imine (C=N–C) groups is 1. The molecule has 1 aliphatic carbocycles. The first-order valence-electron chi connectivity index (χ1n) is 9.10. The maximum atomic E-state index is 5.37. The molecule has 1 saturated heterocycles. The molecular weight excluding hydrogens is 274 g/mol. The van der Waals surface area contributed by atoms with E-state index >= 15 is 0 Å². The summed E-state index contributed by atoms with van der Waals surface area (Å²) >= 11 is 0. The third kappa shape index (κ3) is 3.83. The summed E-state index contributed by atoms with van der Waals surface area (Å²) in [6.07, 6.45) is 11.5. The number of guanidine groups is 1. The van der Waals surface area contributed by atoms with Crippen molar-refractivity contribution in [3.05, 3.63) is 11.6 Å². The number of rotatable bonds is 4. The molecule has 124 valence electrons. The second-order valence-electron chi connectivity index (χ2n) is 7.05. The van der Waals surface area contributed by atoms with E-state index in [0.29, 0.717) is 5.41 Å². The van der Waals surface area contributed by atoms with E-state index in [1.54, 1.807) is 0 Å². The molecule has 22 heavy (non-hydrogen) atoms. The minimum atomic E-state index is 0.611. The number of likely N-dealkylation sites (tertiary alicyclic amines) is 1. The van der Waals surface area contributed by atoms with Crippen molar-refractivity contribution < 1.29 is 4.74 Å².